The number of carbonyl (C=O) groups excluding carboxylic acids is 2. The van der Waals surface area contributed by atoms with Crippen LogP contribution in [0.15, 0.2) is 24.3 Å². The highest BCUT2D eigenvalue weighted by Crippen LogP contribution is 2.18. The topological polar surface area (TPSA) is 52.6 Å². The van der Waals surface area contributed by atoms with E-state index in [1.807, 2.05) is 0 Å². The van der Waals surface area contributed by atoms with Crippen molar-refractivity contribution < 1.29 is 19.1 Å². The Morgan fingerprint density at radius 3 is 1.80 bits per heavy atom. The molecule has 0 saturated heterocycles. The molecule has 0 aliphatic heterocycles. The van der Waals surface area contributed by atoms with Crippen LogP contribution in [0.5, 0.6) is 0 Å². The first-order valence-corrected chi connectivity index (χ1v) is 4.43. The number of esters is 2. The van der Waals surface area contributed by atoms with E-state index in [4.69, 9.17) is 0 Å². The molecular weight excluding hydrogens is 196 g/mol. The molecule has 0 aliphatic rings. The third-order valence-corrected chi connectivity index (χ3v) is 2.03. The summed E-state index contributed by atoms with van der Waals surface area (Å²) in [6.07, 6.45) is 0.175. The first kappa shape index (κ1) is 13.4. The van der Waals surface area contributed by atoms with Crippen LogP contribution in [-0.2, 0) is 19.1 Å². The maximum atomic E-state index is 11.3. The highest BCUT2D eigenvalue weighted by molar-refractivity contribution is 5.95. The Bertz CT molecular complexity index is 275. The molecule has 0 aromatic carbocycles. The van der Waals surface area contributed by atoms with E-state index in [2.05, 4.69) is 22.6 Å². The van der Waals surface area contributed by atoms with E-state index in [0.29, 0.717) is 5.57 Å². The lowest BCUT2D eigenvalue weighted by Crippen LogP contribution is -2.26. The molecule has 0 bridgehead atoms. The van der Waals surface area contributed by atoms with Gasteiger partial charge in [0.2, 0.25) is 0 Å². The summed E-state index contributed by atoms with van der Waals surface area (Å²) in [7, 11) is 2.45. The summed E-state index contributed by atoms with van der Waals surface area (Å²) in [5.74, 6) is -2.20. The molecule has 0 fully saturated rings. The molecule has 0 amide bonds. The van der Waals surface area contributed by atoms with Crippen LogP contribution in [0.3, 0.4) is 0 Å². The molecule has 0 atom stereocenters. The van der Waals surface area contributed by atoms with Gasteiger partial charge in [0, 0.05) is 0 Å². The van der Waals surface area contributed by atoms with Crippen LogP contribution in [0, 0.1) is 5.92 Å². The van der Waals surface area contributed by atoms with E-state index in [0.717, 1.165) is 5.57 Å². The van der Waals surface area contributed by atoms with Crippen molar-refractivity contribution in [3.05, 3.63) is 24.3 Å². The van der Waals surface area contributed by atoms with Crippen LogP contribution in [0.1, 0.15) is 13.3 Å². The molecule has 0 N–H and O–H groups in total. The van der Waals surface area contributed by atoms with Crippen LogP contribution in [-0.4, -0.2) is 26.2 Å². The quantitative estimate of drug-likeness (QED) is 0.393. The lowest BCUT2D eigenvalue weighted by molar-refractivity contribution is -0.158. The SMILES string of the molecule is C=C(C)C(=C)CC(C(=O)OC)C(=O)OC. The van der Waals surface area contributed by atoms with Gasteiger partial charge in [-0.1, -0.05) is 24.3 Å². The fourth-order valence-corrected chi connectivity index (χ4v) is 0.968. The van der Waals surface area contributed by atoms with E-state index in [-0.39, 0.29) is 6.42 Å². The molecule has 4 nitrogen and oxygen atoms in total. The molecule has 0 radical (unpaired) electrons. The first-order valence-electron chi connectivity index (χ1n) is 4.43. The Morgan fingerprint density at radius 1 is 1.13 bits per heavy atom. The fraction of sp³-hybridized carbons (Fsp3) is 0.455. The van der Waals surface area contributed by atoms with Gasteiger partial charge in [-0.05, 0) is 13.3 Å². The van der Waals surface area contributed by atoms with Gasteiger partial charge in [-0.3, -0.25) is 9.59 Å². The molecule has 0 aromatic heterocycles. The van der Waals surface area contributed by atoms with Crippen molar-refractivity contribution in [1.82, 2.24) is 0 Å². The van der Waals surface area contributed by atoms with Crippen molar-refractivity contribution in [3.63, 3.8) is 0 Å². The lowest BCUT2D eigenvalue weighted by Gasteiger charge is -2.13. The van der Waals surface area contributed by atoms with Gasteiger partial charge in [0.25, 0.3) is 0 Å². The van der Waals surface area contributed by atoms with Crippen molar-refractivity contribution >= 4 is 11.9 Å². The minimum Gasteiger partial charge on any atom is -0.468 e. The summed E-state index contributed by atoms with van der Waals surface area (Å²) in [6, 6.07) is 0. The zero-order valence-corrected chi connectivity index (χ0v) is 9.33. The van der Waals surface area contributed by atoms with Crippen LogP contribution < -0.4 is 0 Å². The second-order valence-corrected chi connectivity index (χ2v) is 3.19. The predicted octanol–water partition coefficient (Wildman–Crippen LogP) is 1.47. The fourth-order valence-electron chi connectivity index (χ4n) is 0.968. The predicted molar refractivity (Wildman–Crippen MR) is 56.1 cm³/mol. The van der Waals surface area contributed by atoms with Crippen LogP contribution >= 0.6 is 0 Å². The van der Waals surface area contributed by atoms with Gasteiger partial charge in [-0.15, -0.1) is 0 Å². The number of ether oxygens (including phenoxy) is 2. The van der Waals surface area contributed by atoms with E-state index in [1.165, 1.54) is 14.2 Å². The number of rotatable bonds is 5. The maximum absolute atomic E-state index is 11.3. The molecule has 15 heavy (non-hydrogen) atoms. The highest BCUT2D eigenvalue weighted by Gasteiger charge is 2.29. The van der Waals surface area contributed by atoms with Gasteiger partial charge < -0.3 is 9.47 Å². The molecule has 4 heteroatoms. The Hall–Kier alpha value is -1.58. The van der Waals surface area contributed by atoms with Crippen molar-refractivity contribution in [3.8, 4) is 0 Å². The van der Waals surface area contributed by atoms with Gasteiger partial charge >= 0.3 is 11.9 Å². The normalized spacial score (nSPS) is 9.60. The monoisotopic (exact) mass is 212 g/mol. The number of hydrogen-bond acceptors (Lipinski definition) is 4. The summed E-state index contributed by atoms with van der Waals surface area (Å²) >= 11 is 0. The van der Waals surface area contributed by atoms with Crippen LogP contribution in [0.2, 0.25) is 0 Å². The summed E-state index contributed by atoms with van der Waals surface area (Å²) in [5.41, 5.74) is 1.36. The van der Waals surface area contributed by atoms with Gasteiger partial charge in [0.15, 0.2) is 5.92 Å². The smallest absolute Gasteiger partial charge is 0.320 e. The van der Waals surface area contributed by atoms with E-state index in [1.54, 1.807) is 6.92 Å². The molecule has 84 valence electrons. The van der Waals surface area contributed by atoms with Crippen molar-refractivity contribution in [2.45, 2.75) is 13.3 Å². The molecule has 0 spiro atoms. The zero-order chi connectivity index (χ0) is 12.0. The zero-order valence-electron chi connectivity index (χ0n) is 9.33. The average Bonchev–Trinajstić information content (AvgIpc) is 2.23. The van der Waals surface area contributed by atoms with E-state index in [9.17, 15) is 9.59 Å². The largest absolute Gasteiger partial charge is 0.468 e. The summed E-state index contributed by atoms with van der Waals surface area (Å²) in [5, 5.41) is 0. The molecule has 0 aromatic rings. The second-order valence-electron chi connectivity index (χ2n) is 3.19. The van der Waals surface area contributed by atoms with Gasteiger partial charge in [0.05, 0.1) is 14.2 Å². The van der Waals surface area contributed by atoms with E-state index < -0.39 is 17.9 Å². The molecule has 0 unspecified atom stereocenters. The second kappa shape index (κ2) is 6.01. The Morgan fingerprint density at radius 2 is 1.53 bits per heavy atom. The molecular formula is C11H16O4. The van der Waals surface area contributed by atoms with Crippen LogP contribution in [0.4, 0.5) is 0 Å². The third-order valence-electron chi connectivity index (χ3n) is 2.03. The number of hydrogen-bond donors (Lipinski definition) is 0. The Kier molecular flexibility index (Phi) is 5.37. The van der Waals surface area contributed by atoms with Gasteiger partial charge in [-0.25, -0.2) is 0 Å². The molecule has 0 saturated carbocycles. The van der Waals surface area contributed by atoms with Crippen molar-refractivity contribution in [2.24, 2.45) is 5.92 Å². The minimum absolute atomic E-state index is 0.175. The van der Waals surface area contributed by atoms with E-state index >= 15 is 0 Å². The standard InChI is InChI=1S/C11H16O4/c1-7(2)8(3)6-9(10(12)14-4)11(13)15-5/h9H,1,3,6H2,2,4-5H3. The summed E-state index contributed by atoms with van der Waals surface area (Å²) < 4.78 is 9.01. The molecule has 0 aliphatic carbocycles. The average molecular weight is 212 g/mol. The first-order chi connectivity index (χ1) is 6.93. The summed E-state index contributed by atoms with van der Waals surface area (Å²) in [4.78, 5) is 22.6. The van der Waals surface area contributed by atoms with Crippen LogP contribution in [0.25, 0.3) is 0 Å². The van der Waals surface area contributed by atoms with Crippen molar-refractivity contribution in [1.29, 1.82) is 0 Å². The summed E-state index contributed by atoms with van der Waals surface area (Å²) in [6.45, 7) is 9.14. The number of carbonyl (C=O) groups is 2. The molecule has 0 heterocycles. The van der Waals surface area contributed by atoms with Crippen molar-refractivity contribution in [2.75, 3.05) is 14.2 Å². The van der Waals surface area contributed by atoms with Gasteiger partial charge in [-0.2, -0.15) is 0 Å². The maximum Gasteiger partial charge on any atom is 0.320 e. The van der Waals surface area contributed by atoms with Gasteiger partial charge in [0.1, 0.15) is 0 Å². The Labute approximate surface area is 89.6 Å². The molecule has 0 rings (SSSR count). The number of methoxy groups -OCH3 is 2. The Balaban J connectivity index is 4.66. The highest BCUT2D eigenvalue weighted by atomic mass is 16.5. The lowest BCUT2D eigenvalue weighted by atomic mass is 9.97. The third kappa shape index (κ3) is 3.97. The minimum atomic E-state index is -0.954. The number of allylic oxidation sites excluding steroid dienone is 2.